The topological polar surface area (TPSA) is 39.2 Å². The zero-order valence-electron chi connectivity index (χ0n) is 12.7. The summed E-state index contributed by atoms with van der Waals surface area (Å²) < 4.78 is 14.2. The Bertz CT molecular complexity index is 884. The molecule has 1 N–H and O–H groups in total. The van der Waals surface area contributed by atoms with Gasteiger partial charge in [0.2, 0.25) is 0 Å². The van der Waals surface area contributed by atoms with Gasteiger partial charge in [0.25, 0.3) is 0 Å². The Morgan fingerprint density at radius 2 is 1.70 bits per heavy atom. The van der Waals surface area contributed by atoms with Crippen LogP contribution in [0.4, 0.5) is 0 Å². The molecule has 0 fully saturated rings. The molecule has 23 heavy (non-hydrogen) atoms. The first kappa shape index (κ1) is 15.8. The molecule has 0 unspecified atom stereocenters. The van der Waals surface area contributed by atoms with Crippen LogP contribution in [0, 0.1) is 4.77 Å². The number of hydrogen-bond donors (Lipinski definition) is 1. The smallest absolute Gasteiger partial charge is 0.182 e. The van der Waals surface area contributed by atoms with Crippen LogP contribution < -0.4 is 9.47 Å². The molecule has 0 amide bonds. The van der Waals surface area contributed by atoms with E-state index in [2.05, 4.69) is 20.9 Å². The van der Waals surface area contributed by atoms with Gasteiger partial charge in [-0.1, -0.05) is 15.9 Å². The molecule has 0 bridgehead atoms. The first-order chi connectivity index (χ1) is 11.1. The molecule has 1 aromatic heterocycles. The Balaban J connectivity index is 2.04. The lowest BCUT2D eigenvalue weighted by molar-refractivity contribution is 0.355. The van der Waals surface area contributed by atoms with Gasteiger partial charge in [-0.2, -0.15) is 0 Å². The highest BCUT2D eigenvalue weighted by molar-refractivity contribution is 9.10. The molecule has 3 aromatic rings. The van der Waals surface area contributed by atoms with E-state index in [1.165, 1.54) is 0 Å². The van der Waals surface area contributed by atoms with Crippen LogP contribution in [-0.2, 0) is 0 Å². The summed E-state index contributed by atoms with van der Waals surface area (Å²) in [5, 5.41) is 0. The van der Waals surface area contributed by atoms with Crippen molar-refractivity contribution in [3.8, 4) is 28.4 Å². The van der Waals surface area contributed by atoms with Gasteiger partial charge in [-0.3, -0.25) is 4.57 Å². The lowest BCUT2D eigenvalue weighted by Gasteiger charge is -2.08. The van der Waals surface area contributed by atoms with E-state index in [4.69, 9.17) is 21.7 Å². The lowest BCUT2D eigenvalue weighted by atomic mass is 10.1. The Labute approximate surface area is 147 Å². The summed E-state index contributed by atoms with van der Waals surface area (Å²) >= 11 is 8.88. The predicted octanol–water partition coefficient (Wildman–Crippen LogP) is 4.98. The molecule has 0 spiro atoms. The number of hydrogen-bond acceptors (Lipinski definition) is 3. The van der Waals surface area contributed by atoms with E-state index in [9.17, 15) is 0 Å². The second-order valence-electron chi connectivity index (χ2n) is 4.89. The fourth-order valence-electron chi connectivity index (χ4n) is 2.34. The van der Waals surface area contributed by atoms with Crippen LogP contribution in [0.2, 0.25) is 0 Å². The second-order valence-corrected chi connectivity index (χ2v) is 6.19. The summed E-state index contributed by atoms with van der Waals surface area (Å²) in [7, 11) is 3.24. The number of halogens is 1. The average molecular weight is 391 g/mol. The molecule has 118 valence electrons. The van der Waals surface area contributed by atoms with Crippen LogP contribution >= 0.6 is 28.1 Å². The molecule has 2 aromatic carbocycles. The standard InChI is InChI=1S/C17H15BrN2O2S/c1-21-15-8-3-11(9-16(15)22-2)14-10-20(17(23)19-14)13-6-4-12(18)5-7-13/h3-10H,1-2H3,(H,19,23). The van der Waals surface area contributed by atoms with Gasteiger partial charge in [0.1, 0.15) is 0 Å². The summed E-state index contributed by atoms with van der Waals surface area (Å²) in [6.45, 7) is 0. The molecular formula is C17H15BrN2O2S. The van der Waals surface area contributed by atoms with Crippen LogP contribution in [0.3, 0.4) is 0 Å². The number of aromatic nitrogens is 2. The first-order valence-corrected chi connectivity index (χ1v) is 8.12. The van der Waals surface area contributed by atoms with E-state index in [0.717, 1.165) is 21.4 Å². The molecule has 0 aliphatic carbocycles. The van der Waals surface area contributed by atoms with E-state index >= 15 is 0 Å². The number of benzene rings is 2. The number of aromatic amines is 1. The zero-order valence-corrected chi connectivity index (χ0v) is 15.1. The maximum atomic E-state index is 5.44. The largest absolute Gasteiger partial charge is 0.493 e. The van der Waals surface area contributed by atoms with Crippen molar-refractivity contribution < 1.29 is 9.47 Å². The number of nitrogens with zero attached hydrogens (tertiary/aromatic N) is 1. The van der Waals surface area contributed by atoms with E-state index in [-0.39, 0.29) is 0 Å². The van der Waals surface area contributed by atoms with Crippen LogP contribution in [0.15, 0.2) is 53.1 Å². The molecule has 3 rings (SSSR count). The number of rotatable bonds is 4. The first-order valence-electron chi connectivity index (χ1n) is 6.92. The van der Waals surface area contributed by atoms with Gasteiger partial charge in [-0.15, -0.1) is 0 Å². The van der Waals surface area contributed by atoms with Crippen molar-refractivity contribution in [1.82, 2.24) is 9.55 Å². The van der Waals surface area contributed by atoms with Gasteiger partial charge in [0, 0.05) is 21.9 Å². The second kappa shape index (κ2) is 6.60. The van der Waals surface area contributed by atoms with Crippen molar-refractivity contribution in [1.29, 1.82) is 0 Å². The molecule has 6 heteroatoms. The summed E-state index contributed by atoms with van der Waals surface area (Å²) in [6, 6.07) is 13.7. The molecule has 0 aliphatic heterocycles. The molecule has 1 heterocycles. The number of nitrogens with one attached hydrogen (secondary N) is 1. The Morgan fingerprint density at radius 3 is 2.35 bits per heavy atom. The lowest BCUT2D eigenvalue weighted by Crippen LogP contribution is -1.91. The Kier molecular flexibility index (Phi) is 4.54. The van der Waals surface area contributed by atoms with Crippen molar-refractivity contribution in [2.45, 2.75) is 0 Å². The fourth-order valence-corrected chi connectivity index (χ4v) is 2.87. The number of methoxy groups -OCH3 is 2. The van der Waals surface area contributed by atoms with Gasteiger partial charge in [-0.05, 0) is 54.7 Å². The molecule has 0 aliphatic rings. The van der Waals surface area contributed by atoms with E-state index < -0.39 is 0 Å². The van der Waals surface area contributed by atoms with Gasteiger partial charge in [-0.25, -0.2) is 0 Å². The minimum absolute atomic E-state index is 0.636. The minimum Gasteiger partial charge on any atom is -0.493 e. The van der Waals surface area contributed by atoms with E-state index in [1.54, 1.807) is 14.2 Å². The highest BCUT2D eigenvalue weighted by Crippen LogP contribution is 2.32. The average Bonchev–Trinajstić information content (AvgIpc) is 2.96. The van der Waals surface area contributed by atoms with Crippen molar-refractivity contribution in [3.05, 3.63) is 57.9 Å². The predicted molar refractivity (Wildman–Crippen MR) is 97.2 cm³/mol. The SMILES string of the molecule is COc1ccc(-c2cn(-c3ccc(Br)cc3)c(=S)[nH]2)cc1OC. The third-order valence-electron chi connectivity index (χ3n) is 3.52. The van der Waals surface area contributed by atoms with Gasteiger partial charge in [0.15, 0.2) is 16.3 Å². The highest BCUT2D eigenvalue weighted by Gasteiger charge is 2.09. The van der Waals surface area contributed by atoms with Gasteiger partial charge < -0.3 is 14.5 Å². The number of imidazole rings is 1. The maximum Gasteiger partial charge on any atom is 0.182 e. The summed E-state index contributed by atoms with van der Waals surface area (Å²) in [6.07, 6.45) is 1.98. The normalized spacial score (nSPS) is 10.6. The fraction of sp³-hybridized carbons (Fsp3) is 0.118. The van der Waals surface area contributed by atoms with E-state index in [0.29, 0.717) is 16.3 Å². The molecule has 0 atom stereocenters. The molecule has 0 saturated heterocycles. The Morgan fingerprint density at radius 1 is 1.00 bits per heavy atom. The number of H-pyrrole nitrogens is 1. The molecule has 0 saturated carbocycles. The molecule has 0 radical (unpaired) electrons. The summed E-state index contributed by atoms with van der Waals surface area (Å²) in [5.74, 6) is 1.38. The highest BCUT2D eigenvalue weighted by atomic mass is 79.9. The monoisotopic (exact) mass is 390 g/mol. The maximum absolute atomic E-state index is 5.44. The van der Waals surface area contributed by atoms with Crippen LogP contribution in [0.25, 0.3) is 16.9 Å². The van der Waals surface area contributed by atoms with Gasteiger partial charge >= 0.3 is 0 Å². The summed E-state index contributed by atoms with van der Waals surface area (Å²) in [4.78, 5) is 3.23. The van der Waals surface area contributed by atoms with Crippen molar-refractivity contribution in [2.24, 2.45) is 0 Å². The van der Waals surface area contributed by atoms with Crippen LogP contribution in [-0.4, -0.2) is 23.8 Å². The molecule has 4 nitrogen and oxygen atoms in total. The third kappa shape index (κ3) is 3.18. The third-order valence-corrected chi connectivity index (χ3v) is 4.35. The number of ether oxygens (including phenoxy) is 2. The minimum atomic E-state index is 0.636. The quantitative estimate of drug-likeness (QED) is 0.638. The van der Waals surface area contributed by atoms with E-state index in [1.807, 2.05) is 53.2 Å². The molecular weight excluding hydrogens is 376 g/mol. The van der Waals surface area contributed by atoms with Crippen molar-refractivity contribution >= 4 is 28.1 Å². The van der Waals surface area contributed by atoms with Crippen molar-refractivity contribution in [3.63, 3.8) is 0 Å². The van der Waals surface area contributed by atoms with Crippen LogP contribution in [0.5, 0.6) is 11.5 Å². The van der Waals surface area contributed by atoms with Crippen molar-refractivity contribution in [2.75, 3.05) is 14.2 Å². The van der Waals surface area contributed by atoms with Gasteiger partial charge in [0.05, 0.1) is 19.9 Å². The zero-order chi connectivity index (χ0) is 16.4. The Hall–Kier alpha value is -2.05. The van der Waals surface area contributed by atoms with Crippen LogP contribution in [0.1, 0.15) is 0 Å². The summed E-state index contributed by atoms with van der Waals surface area (Å²) in [5.41, 5.74) is 2.89.